The van der Waals surface area contributed by atoms with Gasteiger partial charge in [0.15, 0.2) is 0 Å². The number of nitrogens with zero attached hydrogens (tertiary/aromatic N) is 4. The molecule has 0 saturated heterocycles. The number of para-hydroxylation sites is 1. The first-order chi connectivity index (χ1) is 13.2. The van der Waals surface area contributed by atoms with Crippen molar-refractivity contribution in [3.05, 3.63) is 59.4 Å². The topological polar surface area (TPSA) is 71.4 Å². The van der Waals surface area contributed by atoms with Crippen LogP contribution in [0.2, 0.25) is 0 Å². The van der Waals surface area contributed by atoms with E-state index in [-0.39, 0.29) is 6.04 Å². The Bertz CT molecular complexity index is 846. The molecule has 142 valence electrons. The molecule has 0 spiro atoms. The Morgan fingerprint density at radius 1 is 1.15 bits per heavy atom. The van der Waals surface area contributed by atoms with Crippen molar-refractivity contribution in [1.29, 1.82) is 0 Å². The molecule has 4 rings (SSSR count). The van der Waals surface area contributed by atoms with Crippen LogP contribution in [0.5, 0.6) is 0 Å². The molecular formula is C21H28N6. The second kappa shape index (κ2) is 8.05. The average Bonchev–Trinajstić information content (AvgIpc) is 3.33. The maximum absolute atomic E-state index is 4.77. The van der Waals surface area contributed by atoms with Crippen molar-refractivity contribution in [1.82, 2.24) is 30.3 Å². The minimum Gasteiger partial charge on any atom is -0.303 e. The van der Waals surface area contributed by atoms with Crippen molar-refractivity contribution in [2.75, 3.05) is 0 Å². The Morgan fingerprint density at radius 2 is 1.93 bits per heavy atom. The van der Waals surface area contributed by atoms with Gasteiger partial charge in [-0.2, -0.15) is 10.2 Å². The predicted octanol–water partition coefficient (Wildman–Crippen LogP) is 4.02. The lowest BCUT2D eigenvalue weighted by Gasteiger charge is -2.29. The average molecular weight is 364 g/mol. The van der Waals surface area contributed by atoms with Gasteiger partial charge >= 0.3 is 0 Å². The van der Waals surface area contributed by atoms with E-state index in [1.807, 2.05) is 22.9 Å². The van der Waals surface area contributed by atoms with Gasteiger partial charge in [-0.3, -0.25) is 5.10 Å². The van der Waals surface area contributed by atoms with E-state index in [0.29, 0.717) is 5.92 Å². The van der Waals surface area contributed by atoms with Gasteiger partial charge in [0.05, 0.1) is 17.4 Å². The summed E-state index contributed by atoms with van der Waals surface area (Å²) in [5.41, 5.74) is 4.62. The first kappa shape index (κ1) is 17.9. The van der Waals surface area contributed by atoms with Gasteiger partial charge in [-0.25, -0.2) is 9.67 Å². The van der Waals surface area contributed by atoms with E-state index in [0.717, 1.165) is 23.8 Å². The molecule has 0 radical (unpaired) electrons. The molecule has 2 heterocycles. The number of benzene rings is 1. The molecule has 3 aromatic rings. The number of aromatic nitrogens is 5. The number of aryl methyl sites for hydroxylation is 1. The summed E-state index contributed by atoms with van der Waals surface area (Å²) in [5, 5.41) is 15.7. The highest BCUT2D eigenvalue weighted by Gasteiger charge is 2.27. The highest BCUT2D eigenvalue weighted by atomic mass is 15.3. The lowest BCUT2D eigenvalue weighted by atomic mass is 9.83. The zero-order valence-electron chi connectivity index (χ0n) is 16.2. The van der Waals surface area contributed by atoms with Gasteiger partial charge in [-0.15, -0.1) is 0 Å². The molecule has 1 aromatic carbocycles. The van der Waals surface area contributed by atoms with Crippen molar-refractivity contribution in [2.45, 2.75) is 58.5 Å². The van der Waals surface area contributed by atoms with E-state index in [1.54, 1.807) is 6.33 Å². The Morgan fingerprint density at radius 3 is 2.63 bits per heavy atom. The van der Waals surface area contributed by atoms with E-state index in [4.69, 9.17) is 5.10 Å². The normalized spacial score (nSPS) is 16.5. The second-order valence-corrected chi connectivity index (χ2v) is 7.52. The van der Waals surface area contributed by atoms with Crippen LogP contribution in [0.25, 0.3) is 5.69 Å². The van der Waals surface area contributed by atoms with Crippen LogP contribution >= 0.6 is 0 Å². The summed E-state index contributed by atoms with van der Waals surface area (Å²) in [4.78, 5) is 4.45. The fourth-order valence-electron chi connectivity index (χ4n) is 4.28. The van der Waals surface area contributed by atoms with Crippen LogP contribution < -0.4 is 5.32 Å². The molecule has 0 bridgehead atoms. The molecule has 1 aliphatic rings. The summed E-state index contributed by atoms with van der Waals surface area (Å²) in [6.45, 7) is 5.02. The number of rotatable bonds is 6. The number of hydrogen-bond acceptors (Lipinski definition) is 4. The van der Waals surface area contributed by atoms with Crippen LogP contribution in [0.4, 0.5) is 0 Å². The summed E-state index contributed by atoms with van der Waals surface area (Å²) in [7, 11) is 0. The highest BCUT2D eigenvalue weighted by molar-refractivity contribution is 5.36. The van der Waals surface area contributed by atoms with Crippen molar-refractivity contribution in [3.8, 4) is 5.69 Å². The van der Waals surface area contributed by atoms with Gasteiger partial charge in [0, 0.05) is 17.8 Å². The third kappa shape index (κ3) is 3.81. The molecule has 27 heavy (non-hydrogen) atoms. The van der Waals surface area contributed by atoms with Gasteiger partial charge < -0.3 is 5.32 Å². The molecule has 6 nitrogen and oxygen atoms in total. The lowest BCUT2D eigenvalue weighted by molar-refractivity contribution is 0.262. The molecule has 1 aliphatic carbocycles. The third-order valence-corrected chi connectivity index (χ3v) is 5.79. The molecular weight excluding hydrogens is 336 g/mol. The third-order valence-electron chi connectivity index (χ3n) is 5.79. The Labute approximate surface area is 160 Å². The molecule has 1 atom stereocenters. The molecule has 2 aromatic heterocycles. The maximum Gasteiger partial charge on any atom is 0.141 e. The second-order valence-electron chi connectivity index (χ2n) is 7.52. The summed E-state index contributed by atoms with van der Waals surface area (Å²) in [6.07, 6.45) is 8.07. The number of H-pyrrole nitrogens is 1. The summed E-state index contributed by atoms with van der Waals surface area (Å²) >= 11 is 0. The largest absolute Gasteiger partial charge is 0.303 e. The Hall–Kier alpha value is -2.47. The molecule has 0 aliphatic heterocycles. The molecule has 1 fully saturated rings. The van der Waals surface area contributed by atoms with E-state index >= 15 is 0 Å². The molecule has 2 N–H and O–H groups in total. The van der Waals surface area contributed by atoms with Crippen LogP contribution in [0.15, 0.2) is 36.7 Å². The SMILES string of the molecule is Cc1nn(-c2ccccc2)c(C)c1CNC(c1ncn[nH]1)C1CCCCC1. The maximum atomic E-state index is 4.77. The lowest BCUT2D eigenvalue weighted by Crippen LogP contribution is -2.30. The standard InChI is InChI=1S/C21H28N6/c1-15-19(16(2)27(26-15)18-11-7-4-8-12-18)13-22-20(21-23-14-24-25-21)17-9-5-3-6-10-17/h4,7-8,11-12,14,17,20,22H,3,5-6,9-10,13H2,1-2H3,(H,23,24,25). The smallest absolute Gasteiger partial charge is 0.141 e. The first-order valence-electron chi connectivity index (χ1n) is 9.93. The fraction of sp³-hybridized carbons (Fsp3) is 0.476. The zero-order valence-corrected chi connectivity index (χ0v) is 16.2. The minimum absolute atomic E-state index is 0.215. The monoisotopic (exact) mass is 364 g/mol. The number of nitrogens with one attached hydrogen (secondary N) is 2. The van der Waals surface area contributed by atoms with Gasteiger partial charge in [-0.05, 0) is 44.7 Å². The van der Waals surface area contributed by atoms with Gasteiger partial charge in [-0.1, -0.05) is 37.5 Å². The van der Waals surface area contributed by atoms with E-state index < -0.39 is 0 Å². The molecule has 1 unspecified atom stereocenters. The number of hydrogen-bond donors (Lipinski definition) is 2. The van der Waals surface area contributed by atoms with Crippen LogP contribution in [-0.4, -0.2) is 25.0 Å². The van der Waals surface area contributed by atoms with Gasteiger partial charge in [0.2, 0.25) is 0 Å². The van der Waals surface area contributed by atoms with Crippen molar-refractivity contribution in [3.63, 3.8) is 0 Å². The highest BCUT2D eigenvalue weighted by Crippen LogP contribution is 2.33. The fourth-order valence-corrected chi connectivity index (χ4v) is 4.28. The van der Waals surface area contributed by atoms with E-state index in [1.165, 1.54) is 43.4 Å². The summed E-state index contributed by atoms with van der Waals surface area (Å²) in [6, 6.07) is 10.5. The van der Waals surface area contributed by atoms with Crippen LogP contribution in [0, 0.1) is 19.8 Å². The van der Waals surface area contributed by atoms with Crippen LogP contribution in [0.3, 0.4) is 0 Å². The number of aromatic amines is 1. The molecule has 1 saturated carbocycles. The molecule has 6 heteroatoms. The predicted molar refractivity (Wildman–Crippen MR) is 106 cm³/mol. The van der Waals surface area contributed by atoms with Crippen LogP contribution in [-0.2, 0) is 6.54 Å². The minimum atomic E-state index is 0.215. The van der Waals surface area contributed by atoms with Crippen molar-refractivity contribution >= 4 is 0 Å². The van der Waals surface area contributed by atoms with Gasteiger partial charge in [0.1, 0.15) is 12.2 Å². The first-order valence-corrected chi connectivity index (χ1v) is 9.93. The van der Waals surface area contributed by atoms with Crippen molar-refractivity contribution < 1.29 is 0 Å². The summed E-state index contributed by atoms with van der Waals surface area (Å²) in [5.74, 6) is 1.56. The van der Waals surface area contributed by atoms with E-state index in [2.05, 4.69) is 46.5 Å². The quantitative estimate of drug-likeness (QED) is 0.693. The van der Waals surface area contributed by atoms with Crippen molar-refractivity contribution in [2.24, 2.45) is 5.92 Å². The summed E-state index contributed by atoms with van der Waals surface area (Å²) < 4.78 is 2.04. The zero-order chi connectivity index (χ0) is 18.6. The van der Waals surface area contributed by atoms with E-state index in [9.17, 15) is 0 Å². The van der Waals surface area contributed by atoms with Crippen LogP contribution in [0.1, 0.15) is 60.9 Å². The Balaban J connectivity index is 1.55. The Kier molecular flexibility index (Phi) is 5.34. The molecule has 0 amide bonds. The van der Waals surface area contributed by atoms with Gasteiger partial charge in [0.25, 0.3) is 0 Å².